The number of nitrogens with zero attached hydrogens (tertiary/aromatic N) is 3. The first kappa shape index (κ1) is 23.3. The lowest BCUT2D eigenvalue weighted by atomic mass is 10.0. The first-order chi connectivity index (χ1) is 15.7. The number of piperazine rings is 1. The van der Waals surface area contributed by atoms with E-state index in [1.54, 1.807) is 29.2 Å². The van der Waals surface area contributed by atoms with E-state index in [0.717, 1.165) is 5.56 Å². The molecule has 2 aromatic carbocycles. The molecule has 1 saturated heterocycles. The number of halogens is 1. The van der Waals surface area contributed by atoms with Gasteiger partial charge in [-0.3, -0.25) is 19.4 Å². The average molecular weight is 470 g/mol. The summed E-state index contributed by atoms with van der Waals surface area (Å²) in [5.74, 6) is -0.583. The Balaban J connectivity index is 1.54. The number of benzene rings is 2. The number of imide groups is 1. The predicted octanol–water partition coefficient (Wildman–Crippen LogP) is 4.23. The molecule has 33 heavy (non-hydrogen) atoms. The third-order valence-electron chi connectivity index (χ3n) is 5.90. The Morgan fingerprint density at radius 3 is 2.03 bits per heavy atom. The summed E-state index contributed by atoms with van der Waals surface area (Å²) < 4.78 is 5.50. The number of rotatable bonds is 4. The molecular weight excluding hydrogens is 442 g/mol. The lowest BCUT2D eigenvalue weighted by Gasteiger charge is -2.40. The molecule has 1 atom stereocenters. The third-order valence-corrected chi connectivity index (χ3v) is 6.25. The van der Waals surface area contributed by atoms with Crippen molar-refractivity contribution in [2.45, 2.75) is 32.4 Å². The maximum absolute atomic E-state index is 13.0. The van der Waals surface area contributed by atoms with Crippen LogP contribution in [0.4, 0.5) is 4.79 Å². The second-order valence-corrected chi connectivity index (χ2v) is 9.71. The van der Waals surface area contributed by atoms with Crippen molar-refractivity contribution in [3.8, 4) is 0 Å². The molecule has 0 saturated carbocycles. The van der Waals surface area contributed by atoms with E-state index in [2.05, 4.69) is 4.90 Å². The topological polar surface area (TPSA) is 70.2 Å². The lowest BCUT2D eigenvalue weighted by Crippen LogP contribution is -2.52. The Bertz CT molecular complexity index is 1040. The van der Waals surface area contributed by atoms with Gasteiger partial charge in [0.25, 0.3) is 11.8 Å². The van der Waals surface area contributed by atoms with Crippen molar-refractivity contribution in [1.29, 1.82) is 0 Å². The molecule has 2 aliphatic rings. The minimum absolute atomic E-state index is 0.183. The van der Waals surface area contributed by atoms with E-state index >= 15 is 0 Å². The highest BCUT2D eigenvalue weighted by molar-refractivity contribution is 6.31. The van der Waals surface area contributed by atoms with Gasteiger partial charge in [-0.25, -0.2) is 4.79 Å². The highest BCUT2D eigenvalue weighted by atomic mass is 35.5. The molecule has 7 nitrogen and oxygen atoms in total. The highest BCUT2D eigenvalue weighted by Gasteiger charge is 2.39. The second kappa shape index (κ2) is 9.15. The molecule has 0 aromatic heterocycles. The molecule has 0 bridgehead atoms. The largest absolute Gasteiger partial charge is 0.444 e. The van der Waals surface area contributed by atoms with Crippen molar-refractivity contribution in [2.24, 2.45) is 0 Å². The summed E-state index contributed by atoms with van der Waals surface area (Å²) in [6.07, 6.45) is -0.336. The highest BCUT2D eigenvalue weighted by Crippen LogP contribution is 2.32. The van der Waals surface area contributed by atoms with E-state index in [0.29, 0.717) is 42.3 Å². The van der Waals surface area contributed by atoms with Crippen molar-refractivity contribution in [3.63, 3.8) is 0 Å². The zero-order chi connectivity index (χ0) is 23.8. The Morgan fingerprint density at radius 2 is 1.48 bits per heavy atom. The van der Waals surface area contributed by atoms with E-state index in [1.165, 1.54) is 4.90 Å². The smallest absolute Gasteiger partial charge is 0.410 e. The SMILES string of the molecule is CC(C)(C)OC(=O)N1CCN(C(CN2C(=O)c3ccccc3C2=O)c2ccccc2Cl)CC1. The van der Waals surface area contributed by atoms with Gasteiger partial charge in [0.05, 0.1) is 17.2 Å². The number of carbonyl (C=O) groups is 3. The predicted molar refractivity (Wildman–Crippen MR) is 125 cm³/mol. The van der Waals surface area contributed by atoms with Crippen LogP contribution in [0.1, 0.15) is 53.1 Å². The van der Waals surface area contributed by atoms with Gasteiger partial charge in [-0.2, -0.15) is 0 Å². The summed E-state index contributed by atoms with van der Waals surface area (Å²) in [4.78, 5) is 43.6. The van der Waals surface area contributed by atoms with Crippen molar-refractivity contribution >= 4 is 29.5 Å². The fourth-order valence-electron chi connectivity index (χ4n) is 4.28. The van der Waals surface area contributed by atoms with Crippen LogP contribution in [-0.2, 0) is 4.74 Å². The number of ether oxygens (including phenoxy) is 1. The third kappa shape index (κ3) is 4.89. The Morgan fingerprint density at radius 1 is 0.939 bits per heavy atom. The Kier molecular flexibility index (Phi) is 6.45. The van der Waals surface area contributed by atoms with Crippen LogP contribution in [0.3, 0.4) is 0 Å². The standard InChI is InChI=1S/C25H28ClN3O4/c1-25(2,3)33-24(32)28-14-12-27(13-15-28)21(19-10-6-7-11-20(19)26)16-29-22(30)17-8-4-5-9-18(17)23(29)31/h4-11,21H,12-16H2,1-3H3. The molecule has 2 aromatic rings. The molecule has 1 fully saturated rings. The number of hydrogen-bond donors (Lipinski definition) is 0. The fraction of sp³-hybridized carbons (Fsp3) is 0.400. The van der Waals surface area contributed by atoms with Gasteiger partial charge in [0.15, 0.2) is 0 Å². The molecule has 1 unspecified atom stereocenters. The first-order valence-corrected chi connectivity index (χ1v) is 11.4. The molecule has 2 heterocycles. The maximum Gasteiger partial charge on any atom is 0.410 e. The number of fused-ring (bicyclic) bond motifs is 1. The Hall–Kier alpha value is -2.90. The van der Waals surface area contributed by atoms with Crippen LogP contribution < -0.4 is 0 Å². The summed E-state index contributed by atoms with van der Waals surface area (Å²) in [6.45, 7) is 7.82. The van der Waals surface area contributed by atoms with Crippen LogP contribution in [0.5, 0.6) is 0 Å². The summed E-state index contributed by atoms with van der Waals surface area (Å²) >= 11 is 6.54. The maximum atomic E-state index is 13.0. The summed E-state index contributed by atoms with van der Waals surface area (Å²) in [7, 11) is 0. The minimum Gasteiger partial charge on any atom is -0.444 e. The Labute approximate surface area is 198 Å². The van der Waals surface area contributed by atoms with E-state index in [1.807, 2.05) is 45.0 Å². The molecule has 0 N–H and O–H groups in total. The van der Waals surface area contributed by atoms with Crippen molar-refractivity contribution in [2.75, 3.05) is 32.7 Å². The molecule has 174 valence electrons. The van der Waals surface area contributed by atoms with Crippen molar-refractivity contribution < 1.29 is 19.1 Å². The zero-order valence-electron chi connectivity index (χ0n) is 19.1. The molecule has 3 amide bonds. The summed E-state index contributed by atoms with van der Waals surface area (Å²) in [5, 5.41) is 0.577. The summed E-state index contributed by atoms with van der Waals surface area (Å²) in [6, 6.07) is 14.1. The van der Waals surface area contributed by atoms with Gasteiger partial charge in [0, 0.05) is 37.7 Å². The second-order valence-electron chi connectivity index (χ2n) is 9.31. The number of amides is 3. The van der Waals surface area contributed by atoms with Gasteiger partial charge in [0.2, 0.25) is 0 Å². The van der Waals surface area contributed by atoms with E-state index < -0.39 is 5.60 Å². The summed E-state index contributed by atoms with van der Waals surface area (Å²) in [5.41, 5.74) is 1.14. The molecule has 0 radical (unpaired) electrons. The molecule has 0 spiro atoms. The minimum atomic E-state index is -0.556. The van der Waals surface area contributed by atoms with Crippen LogP contribution in [0.15, 0.2) is 48.5 Å². The monoisotopic (exact) mass is 469 g/mol. The van der Waals surface area contributed by atoms with Gasteiger partial charge in [-0.05, 0) is 44.5 Å². The number of carbonyl (C=O) groups excluding carboxylic acids is 3. The van der Waals surface area contributed by atoms with Crippen molar-refractivity contribution in [1.82, 2.24) is 14.7 Å². The first-order valence-electron chi connectivity index (χ1n) is 11.1. The molecule has 2 aliphatic heterocycles. The quantitative estimate of drug-likeness (QED) is 0.627. The lowest BCUT2D eigenvalue weighted by molar-refractivity contribution is 0.00872. The normalized spacial score (nSPS) is 17.8. The van der Waals surface area contributed by atoms with Gasteiger partial charge in [-0.1, -0.05) is 41.9 Å². The zero-order valence-corrected chi connectivity index (χ0v) is 19.8. The molecule has 0 aliphatic carbocycles. The van der Waals surface area contributed by atoms with Crippen molar-refractivity contribution in [3.05, 3.63) is 70.2 Å². The van der Waals surface area contributed by atoms with E-state index in [4.69, 9.17) is 16.3 Å². The van der Waals surface area contributed by atoms with Crippen LogP contribution in [0.25, 0.3) is 0 Å². The molecule has 4 rings (SSSR count). The van der Waals surface area contributed by atoms with Crippen LogP contribution in [-0.4, -0.2) is 70.9 Å². The molecular formula is C25H28ClN3O4. The van der Waals surface area contributed by atoms with Crippen LogP contribution >= 0.6 is 11.6 Å². The van der Waals surface area contributed by atoms with E-state index in [9.17, 15) is 14.4 Å². The number of hydrogen-bond acceptors (Lipinski definition) is 5. The van der Waals surface area contributed by atoms with E-state index in [-0.39, 0.29) is 30.5 Å². The van der Waals surface area contributed by atoms with Gasteiger partial charge >= 0.3 is 6.09 Å². The van der Waals surface area contributed by atoms with Gasteiger partial charge in [-0.15, -0.1) is 0 Å². The van der Waals surface area contributed by atoms with Crippen LogP contribution in [0.2, 0.25) is 5.02 Å². The average Bonchev–Trinajstić information content (AvgIpc) is 3.02. The fourth-order valence-corrected chi connectivity index (χ4v) is 4.54. The van der Waals surface area contributed by atoms with Gasteiger partial charge < -0.3 is 9.64 Å². The van der Waals surface area contributed by atoms with Gasteiger partial charge in [0.1, 0.15) is 5.60 Å². The van der Waals surface area contributed by atoms with Crippen LogP contribution in [0, 0.1) is 0 Å². The molecule has 8 heteroatoms.